The molecule has 2 rings (SSSR count). The lowest BCUT2D eigenvalue weighted by Gasteiger charge is -2.05. The number of halogens is 1. The molecular weight excluding hydrogens is 240 g/mol. The Morgan fingerprint density at radius 1 is 1.29 bits per heavy atom. The van der Waals surface area contributed by atoms with Crippen molar-refractivity contribution in [3.63, 3.8) is 0 Å². The fourth-order valence-electron chi connectivity index (χ4n) is 1.29. The van der Waals surface area contributed by atoms with E-state index in [4.69, 9.17) is 17.3 Å². The minimum absolute atomic E-state index is 0.185. The Bertz CT molecular complexity index is 524. The summed E-state index contributed by atoms with van der Waals surface area (Å²) in [7, 11) is 0. The number of rotatable bonds is 2. The molecule has 17 heavy (non-hydrogen) atoms. The number of carbonyl (C=O) groups is 1. The highest BCUT2D eigenvalue weighted by Gasteiger charge is 2.08. The van der Waals surface area contributed by atoms with Crippen LogP contribution in [0.4, 0.5) is 11.5 Å². The van der Waals surface area contributed by atoms with Crippen molar-refractivity contribution >= 4 is 29.0 Å². The summed E-state index contributed by atoms with van der Waals surface area (Å²) in [6.45, 7) is 0. The van der Waals surface area contributed by atoms with Crippen LogP contribution in [0.2, 0.25) is 5.15 Å². The number of hydrogen-bond acceptors (Lipinski definition) is 4. The lowest BCUT2D eigenvalue weighted by atomic mass is 10.2. The second-order valence-corrected chi connectivity index (χ2v) is 3.68. The molecule has 0 bridgehead atoms. The zero-order valence-corrected chi connectivity index (χ0v) is 9.48. The third-order valence-corrected chi connectivity index (χ3v) is 2.21. The number of amides is 1. The van der Waals surface area contributed by atoms with Crippen molar-refractivity contribution < 1.29 is 4.79 Å². The van der Waals surface area contributed by atoms with Crippen LogP contribution in [0.3, 0.4) is 0 Å². The molecule has 3 N–H and O–H groups in total. The van der Waals surface area contributed by atoms with Gasteiger partial charge in [-0.25, -0.2) is 4.98 Å². The minimum atomic E-state index is -0.299. The maximum atomic E-state index is 11.8. The Morgan fingerprint density at radius 3 is 2.65 bits per heavy atom. The van der Waals surface area contributed by atoms with Gasteiger partial charge in [0.2, 0.25) is 0 Å². The van der Waals surface area contributed by atoms with Gasteiger partial charge >= 0.3 is 0 Å². The Hall–Kier alpha value is -2.14. The average Bonchev–Trinajstić information content (AvgIpc) is 2.29. The molecule has 0 aliphatic heterocycles. The number of pyridine rings is 2. The van der Waals surface area contributed by atoms with E-state index in [0.717, 1.165) is 0 Å². The number of aromatic nitrogens is 2. The van der Waals surface area contributed by atoms with Gasteiger partial charge in [-0.1, -0.05) is 11.6 Å². The number of nitrogens with zero attached hydrogens (tertiary/aromatic N) is 2. The van der Waals surface area contributed by atoms with E-state index < -0.39 is 0 Å². The van der Waals surface area contributed by atoms with E-state index in [2.05, 4.69) is 15.3 Å². The smallest absolute Gasteiger partial charge is 0.255 e. The van der Waals surface area contributed by atoms with Crippen molar-refractivity contribution in [1.82, 2.24) is 9.97 Å². The van der Waals surface area contributed by atoms with E-state index in [9.17, 15) is 4.79 Å². The predicted molar refractivity (Wildman–Crippen MR) is 65.8 cm³/mol. The zero-order valence-electron chi connectivity index (χ0n) is 8.72. The monoisotopic (exact) mass is 248 g/mol. The molecule has 86 valence electrons. The summed E-state index contributed by atoms with van der Waals surface area (Å²) >= 11 is 5.72. The van der Waals surface area contributed by atoms with Gasteiger partial charge in [0.15, 0.2) is 0 Å². The first-order valence-corrected chi connectivity index (χ1v) is 5.17. The summed E-state index contributed by atoms with van der Waals surface area (Å²) in [5.41, 5.74) is 6.52. The van der Waals surface area contributed by atoms with Crippen molar-refractivity contribution in [2.45, 2.75) is 0 Å². The van der Waals surface area contributed by atoms with Crippen LogP contribution in [0.1, 0.15) is 10.4 Å². The SMILES string of the molecule is Nc1cc(C(=O)Nc2ccncc2)cc(Cl)n1. The zero-order chi connectivity index (χ0) is 12.3. The molecule has 1 amide bonds. The second kappa shape index (κ2) is 4.80. The van der Waals surface area contributed by atoms with E-state index in [0.29, 0.717) is 11.3 Å². The van der Waals surface area contributed by atoms with Crippen molar-refractivity contribution in [1.29, 1.82) is 0 Å². The van der Waals surface area contributed by atoms with Crippen LogP contribution in [0.5, 0.6) is 0 Å². The summed E-state index contributed by atoms with van der Waals surface area (Å²) in [6, 6.07) is 6.28. The molecule has 2 aromatic rings. The van der Waals surface area contributed by atoms with Gasteiger partial charge in [-0.05, 0) is 24.3 Å². The standard InChI is InChI=1S/C11H9ClN4O/c12-9-5-7(6-10(13)16-9)11(17)15-8-1-3-14-4-2-8/h1-6H,(H2,13,16)(H,14,15,17). The number of carbonyl (C=O) groups excluding carboxylic acids is 1. The number of nitrogen functional groups attached to an aromatic ring is 1. The summed E-state index contributed by atoms with van der Waals surface area (Å²) in [6.07, 6.45) is 3.17. The molecule has 0 aromatic carbocycles. The molecule has 0 unspecified atom stereocenters. The molecule has 0 saturated heterocycles. The number of nitrogens with two attached hydrogens (primary N) is 1. The lowest BCUT2D eigenvalue weighted by Crippen LogP contribution is -2.12. The van der Waals surface area contributed by atoms with Crippen LogP contribution in [-0.4, -0.2) is 15.9 Å². The fourth-order valence-corrected chi connectivity index (χ4v) is 1.50. The number of anilines is 2. The molecular formula is C11H9ClN4O. The Morgan fingerprint density at radius 2 is 2.00 bits per heavy atom. The third-order valence-electron chi connectivity index (χ3n) is 2.01. The second-order valence-electron chi connectivity index (χ2n) is 3.29. The van der Waals surface area contributed by atoms with E-state index in [1.165, 1.54) is 12.1 Å². The van der Waals surface area contributed by atoms with E-state index in [1.807, 2.05) is 0 Å². The fraction of sp³-hybridized carbons (Fsp3) is 0. The van der Waals surface area contributed by atoms with Crippen LogP contribution in [-0.2, 0) is 0 Å². The first kappa shape index (κ1) is 11.3. The average molecular weight is 249 g/mol. The van der Waals surface area contributed by atoms with Crippen molar-refractivity contribution in [2.24, 2.45) is 0 Å². The van der Waals surface area contributed by atoms with Crippen molar-refractivity contribution in [3.05, 3.63) is 47.4 Å². The van der Waals surface area contributed by atoms with E-state index in [-0.39, 0.29) is 16.9 Å². The van der Waals surface area contributed by atoms with Crippen LogP contribution >= 0.6 is 11.6 Å². The highest BCUT2D eigenvalue weighted by atomic mass is 35.5. The predicted octanol–water partition coefficient (Wildman–Crippen LogP) is 1.96. The molecule has 2 aromatic heterocycles. The molecule has 0 radical (unpaired) electrons. The van der Waals surface area contributed by atoms with Gasteiger partial charge in [-0.15, -0.1) is 0 Å². The molecule has 0 saturated carbocycles. The highest BCUT2D eigenvalue weighted by molar-refractivity contribution is 6.30. The van der Waals surface area contributed by atoms with Gasteiger partial charge in [0.25, 0.3) is 5.91 Å². The van der Waals surface area contributed by atoms with Crippen LogP contribution in [0.15, 0.2) is 36.7 Å². The summed E-state index contributed by atoms with van der Waals surface area (Å²) in [5, 5.41) is 2.88. The first-order chi connectivity index (χ1) is 8.15. The van der Waals surface area contributed by atoms with Crippen LogP contribution in [0, 0.1) is 0 Å². The van der Waals surface area contributed by atoms with E-state index in [1.54, 1.807) is 24.5 Å². The van der Waals surface area contributed by atoms with Crippen LogP contribution < -0.4 is 11.1 Å². The quantitative estimate of drug-likeness (QED) is 0.796. The summed E-state index contributed by atoms with van der Waals surface area (Å²) in [4.78, 5) is 19.5. The summed E-state index contributed by atoms with van der Waals surface area (Å²) < 4.78 is 0. The maximum absolute atomic E-state index is 11.8. The van der Waals surface area contributed by atoms with Gasteiger partial charge in [0.1, 0.15) is 11.0 Å². The molecule has 0 aliphatic carbocycles. The van der Waals surface area contributed by atoms with Gasteiger partial charge in [0, 0.05) is 23.6 Å². The maximum Gasteiger partial charge on any atom is 0.255 e. The largest absolute Gasteiger partial charge is 0.384 e. The topological polar surface area (TPSA) is 80.9 Å². The Kier molecular flexibility index (Phi) is 3.20. The Labute approximate surface area is 103 Å². The van der Waals surface area contributed by atoms with Crippen LogP contribution in [0.25, 0.3) is 0 Å². The molecule has 2 heterocycles. The van der Waals surface area contributed by atoms with Gasteiger partial charge in [0.05, 0.1) is 0 Å². The van der Waals surface area contributed by atoms with Gasteiger partial charge in [-0.3, -0.25) is 9.78 Å². The third kappa shape index (κ3) is 2.92. The molecule has 0 aliphatic rings. The molecule has 5 nitrogen and oxygen atoms in total. The lowest BCUT2D eigenvalue weighted by molar-refractivity contribution is 0.102. The van der Waals surface area contributed by atoms with Gasteiger partial charge in [-0.2, -0.15) is 0 Å². The molecule has 0 spiro atoms. The Balaban J connectivity index is 2.20. The van der Waals surface area contributed by atoms with Crippen molar-refractivity contribution in [2.75, 3.05) is 11.1 Å². The molecule has 6 heteroatoms. The normalized spacial score (nSPS) is 9.94. The summed E-state index contributed by atoms with van der Waals surface area (Å²) in [5.74, 6) is -0.0930. The first-order valence-electron chi connectivity index (χ1n) is 4.79. The van der Waals surface area contributed by atoms with Crippen molar-refractivity contribution in [3.8, 4) is 0 Å². The molecule has 0 fully saturated rings. The van der Waals surface area contributed by atoms with Gasteiger partial charge < -0.3 is 11.1 Å². The minimum Gasteiger partial charge on any atom is -0.384 e. The highest BCUT2D eigenvalue weighted by Crippen LogP contribution is 2.14. The molecule has 0 atom stereocenters. The number of hydrogen-bond donors (Lipinski definition) is 2. The van der Waals surface area contributed by atoms with E-state index >= 15 is 0 Å². The number of nitrogens with one attached hydrogen (secondary N) is 1.